The highest BCUT2D eigenvalue weighted by Crippen LogP contribution is 2.16. The summed E-state index contributed by atoms with van der Waals surface area (Å²) >= 11 is 1.40. The van der Waals surface area contributed by atoms with E-state index in [0.717, 1.165) is 24.5 Å². The van der Waals surface area contributed by atoms with Crippen molar-refractivity contribution in [2.45, 2.75) is 32.4 Å². The molecule has 21 heavy (non-hydrogen) atoms. The van der Waals surface area contributed by atoms with Crippen LogP contribution in [0.25, 0.3) is 10.2 Å². The first-order chi connectivity index (χ1) is 10.1. The Hall–Kier alpha value is -1.24. The fourth-order valence-corrected chi connectivity index (χ4v) is 3.63. The lowest BCUT2D eigenvalue weighted by atomic mass is 9.99. The van der Waals surface area contributed by atoms with Crippen molar-refractivity contribution in [3.05, 3.63) is 28.1 Å². The molecule has 2 aromatic heterocycles. The van der Waals surface area contributed by atoms with Gasteiger partial charge in [0, 0.05) is 6.54 Å². The third kappa shape index (κ3) is 3.33. The fraction of sp³-hybridized carbons (Fsp3) is 0.600. The maximum atomic E-state index is 12.3. The van der Waals surface area contributed by atoms with Gasteiger partial charge in [0.15, 0.2) is 0 Å². The van der Waals surface area contributed by atoms with Crippen molar-refractivity contribution in [2.75, 3.05) is 19.6 Å². The van der Waals surface area contributed by atoms with Crippen LogP contribution < -0.4 is 5.56 Å². The van der Waals surface area contributed by atoms with Crippen molar-refractivity contribution in [1.82, 2.24) is 14.5 Å². The predicted octanol–water partition coefficient (Wildman–Crippen LogP) is 1.55. The maximum absolute atomic E-state index is 12.3. The molecule has 3 rings (SSSR count). The Kier molecular flexibility index (Phi) is 4.37. The Morgan fingerprint density at radius 3 is 2.95 bits per heavy atom. The largest absolute Gasteiger partial charge is 0.390 e. The Morgan fingerprint density at radius 2 is 2.19 bits per heavy atom. The summed E-state index contributed by atoms with van der Waals surface area (Å²) in [6, 6.07) is 1.84. The van der Waals surface area contributed by atoms with E-state index < -0.39 is 6.10 Å². The van der Waals surface area contributed by atoms with Gasteiger partial charge in [0.2, 0.25) is 0 Å². The number of aliphatic hydroxyl groups excluding tert-OH is 1. The van der Waals surface area contributed by atoms with E-state index in [1.54, 1.807) is 6.33 Å². The molecular weight excluding hydrogens is 286 g/mol. The van der Waals surface area contributed by atoms with Gasteiger partial charge in [-0.15, -0.1) is 11.3 Å². The third-order valence-corrected chi connectivity index (χ3v) is 5.08. The number of hydrogen-bond acceptors (Lipinski definition) is 5. The summed E-state index contributed by atoms with van der Waals surface area (Å²) in [6.45, 7) is 5.28. The van der Waals surface area contributed by atoms with Crippen molar-refractivity contribution in [1.29, 1.82) is 0 Å². The highest BCUT2D eigenvalue weighted by Gasteiger charge is 2.19. The molecule has 0 bridgehead atoms. The molecule has 114 valence electrons. The first-order valence-electron chi connectivity index (χ1n) is 7.46. The van der Waals surface area contributed by atoms with Gasteiger partial charge < -0.3 is 10.0 Å². The van der Waals surface area contributed by atoms with E-state index in [1.807, 2.05) is 11.4 Å². The number of β-amino-alcohol motifs (C(OH)–C–C–N with tert-alkyl or cyclic N) is 1. The second-order valence-electron chi connectivity index (χ2n) is 5.97. The van der Waals surface area contributed by atoms with E-state index in [1.165, 1.54) is 28.7 Å². The van der Waals surface area contributed by atoms with E-state index in [-0.39, 0.29) is 5.56 Å². The summed E-state index contributed by atoms with van der Waals surface area (Å²) in [6.07, 6.45) is 3.39. The third-order valence-electron chi connectivity index (χ3n) is 4.19. The molecule has 0 aliphatic carbocycles. The number of rotatable bonds is 4. The summed E-state index contributed by atoms with van der Waals surface area (Å²) in [7, 11) is 0. The van der Waals surface area contributed by atoms with Gasteiger partial charge in [0.05, 0.1) is 24.5 Å². The Bertz CT molecular complexity index is 658. The van der Waals surface area contributed by atoms with Crippen molar-refractivity contribution in [3.8, 4) is 0 Å². The highest BCUT2D eigenvalue weighted by atomic mass is 32.1. The molecule has 0 saturated carbocycles. The summed E-state index contributed by atoms with van der Waals surface area (Å²) in [5, 5.41) is 12.1. The van der Waals surface area contributed by atoms with Gasteiger partial charge in [-0.05, 0) is 43.3 Å². The highest BCUT2D eigenvalue weighted by molar-refractivity contribution is 7.17. The fourth-order valence-electron chi connectivity index (χ4n) is 2.84. The van der Waals surface area contributed by atoms with Crippen LogP contribution in [0.2, 0.25) is 0 Å². The van der Waals surface area contributed by atoms with Gasteiger partial charge >= 0.3 is 0 Å². The molecule has 1 saturated heterocycles. The summed E-state index contributed by atoms with van der Waals surface area (Å²) in [5.74, 6) is 0.784. The molecule has 0 spiro atoms. The molecule has 0 amide bonds. The molecule has 5 nitrogen and oxygen atoms in total. The first kappa shape index (κ1) is 14.7. The molecule has 1 N–H and O–H groups in total. The molecule has 3 heterocycles. The molecular formula is C15H21N3O2S. The Balaban J connectivity index is 1.64. The van der Waals surface area contributed by atoms with E-state index in [9.17, 15) is 9.90 Å². The normalized spacial score (nSPS) is 19.1. The number of piperidine rings is 1. The molecule has 1 unspecified atom stereocenters. The van der Waals surface area contributed by atoms with Crippen molar-refractivity contribution < 1.29 is 5.11 Å². The Labute approximate surface area is 127 Å². The number of likely N-dealkylation sites (tertiary alicyclic amines) is 1. The number of aliphatic hydroxyl groups is 1. The molecule has 1 atom stereocenters. The van der Waals surface area contributed by atoms with E-state index in [2.05, 4.69) is 16.8 Å². The number of thiophene rings is 1. The quantitative estimate of drug-likeness (QED) is 0.931. The lowest BCUT2D eigenvalue weighted by molar-refractivity contribution is 0.0794. The molecule has 1 aliphatic heterocycles. The summed E-state index contributed by atoms with van der Waals surface area (Å²) in [5.41, 5.74) is 0.682. The molecule has 0 aromatic carbocycles. The molecule has 2 aromatic rings. The summed E-state index contributed by atoms with van der Waals surface area (Å²) < 4.78 is 2.19. The molecule has 1 fully saturated rings. The Morgan fingerprint density at radius 1 is 1.43 bits per heavy atom. The van der Waals surface area contributed by atoms with E-state index in [0.29, 0.717) is 17.8 Å². The maximum Gasteiger partial charge on any atom is 0.271 e. The smallest absolute Gasteiger partial charge is 0.271 e. The second-order valence-corrected chi connectivity index (χ2v) is 6.89. The molecule has 0 radical (unpaired) electrons. The van der Waals surface area contributed by atoms with E-state index in [4.69, 9.17) is 0 Å². The van der Waals surface area contributed by atoms with Crippen molar-refractivity contribution in [2.24, 2.45) is 5.92 Å². The van der Waals surface area contributed by atoms with Crippen LogP contribution in [0.3, 0.4) is 0 Å². The average molecular weight is 307 g/mol. The number of hydrogen-bond donors (Lipinski definition) is 1. The van der Waals surface area contributed by atoms with Crippen molar-refractivity contribution >= 4 is 21.6 Å². The van der Waals surface area contributed by atoms with Gasteiger partial charge in [-0.1, -0.05) is 6.92 Å². The van der Waals surface area contributed by atoms with Gasteiger partial charge in [-0.2, -0.15) is 0 Å². The summed E-state index contributed by atoms with van der Waals surface area (Å²) in [4.78, 5) is 18.8. The second kappa shape index (κ2) is 6.25. The van der Waals surface area contributed by atoms with Crippen LogP contribution in [-0.4, -0.2) is 45.3 Å². The zero-order chi connectivity index (χ0) is 14.8. The number of aromatic nitrogens is 2. The SMILES string of the molecule is CC1CCN(CC(O)Cn2cnc3ccsc3c2=O)CC1. The minimum atomic E-state index is -0.532. The van der Waals surface area contributed by atoms with E-state index >= 15 is 0 Å². The zero-order valence-electron chi connectivity index (χ0n) is 12.2. The first-order valence-corrected chi connectivity index (χ1v) is 8.34. The number of nitrogens with zero attached hydrogens (tertiary/aromatic N) is 3. The number of fused-ring (bicyclic) bond motifs is 1. The van der Waals surface area contributed by atoms with Gasteiger partial charge in [0.25, 0.3) is 5.56 Å². The minimum Gasteiger partial charge on any atom is -0.390 e. The van der Waals surface area contributed by atoms with Crippen LogP contribution in [-0.2, 0) is 6.54 Å². The van der Waals surface area contributed by atoms with Crippen LogP contribution in [0.15, 0.2) is 22.6 Å². The topological polar surface area (TPSA) is 58.4 Å². The van der Waals surface area contributed by atoms with Gasteiger partial charge in [-0.3, -0.25) is 9.36 Å². The minimum absolute atomic E-state index is 0.0543. The average Bonchev–Trinajstić information content (AvgIpc) is 2.94. The van der Waals surface area contributed by atoms with Crippen molar-refractivity contribution in [3.63, 3.8) is 0 Å². The molecule has 1 aliphatic rings. The standard InChI is InChI=1S/C15H21N3O2S/c1-11-2-5-17(6-3-11)8-12(19)9-18-10-16-13-4-7-21-14(13)15(18)20/h4,7,10-12,19H,2-3,5-6,8-9H2,1H3. The van der Waals surface area contributed by atoms with Gasteiger partial charge in [-0.25, -0.2) is 4.98 Å². The zero-order valence-corrected chi connectivity index (χ0v) is 13.1. The monoisotopic (exact) mass is 307 g/mol. The van der Waals surface area contributed by atoms with Crippen LogP contribution in [0.4, 0.5) is 0 Å². The van der Waals surface area contributed by atoms with Crippen LogP contribution in [0.1, 0.15) is 19.8 Å². The van der Waals surface area contributed by atoms with Crippen LogP contribution in [0.5, 0.6) is 0 Å². The predicted molar refractivity (Wildman–Crippen MR) is 84.7 cm³/mol. The van der Waals surface area contributed by atoms with Gasteiger partial charge in [0.1, 0.15) is 4.70 Å². The lowest BCUT2D eigenvalue weighted by Gasteiger charge is -2.31. The molecule has 6 heteroatoms. The lowest BCUT2D eigenvalue weighted by Crippen LogP contribution is -2.40. The van der Waals surface area contributed by atoms with Crippen LogP contribution in [0, 0.1) is 5.92 Å². The van der Waals surface area contributed by atoms with Crippen LogP contribution >= 0.6 is 11.3 Å².